The molecule has 1 aromatic rings. The first-order valence-electron chi connectivity index (χ1n) is 5.49. The van der Waals surface area contributed by atoms with E-state index in [2.05, 4.69) is 12.0 Å². The Morgan fingerprint density at radius 1 is 1.60 bits per heavy atom. The summed E-state index contributed by atoms with van der Waals surface area (Å²) in [7, 11) is 0. The number of ketones is 1. The Bertz CT molecular complexity index is 319. The molecule has 0 aliphatic heterocycles. The molecule has 0 aromatic carbocycles. The monoisotopic (exact) mass is 209 g/mol. The second-order valence-corrected chi connectivity index (χ2v) is 3.71. The number of nitrogens with zero attached hydrogens (tertiary/aromatic N) is 2. The molecule has 15 heavy (non-hydrogen) atoms. The zero-order valence-corrected chi connectivity index (χ0v) is 9.44. The van der Waals surface area contributed by atoms with Crippen molar-refractivity contribution in [2.24, 2.45) is 5.73 Å². The van der Waals surface area contributed by atoms with Crippen molar-refractivity contribution in [2.45, 2.75) is 45.7 Å². The van der Waals surface area contributed by atoms with Crippen LogP contribution in [0.15, 0.2) is 12.3 Å². The molecule has 0 spiro atoms. The lowest BCUT2D eigenvalue weighted by Crippen LogP contribution is -2.24. The first-order valence-corrected chi connectivity index (χ1v) is 5.49. The molecule has 0 aliphatic rings. The van der Waals surface area contributed by atoms with Gasteiger partial charge in [-0.2, -0.15) is 5.10 Å². The average molecular weight is 209 g/mol. The van der Waals surface area contributed by atoms with E-state index in [1.165, 1.54) is 0 Å². The molecular weight excluding hydrogens is 190 g/mol. The summed E-state index contributed by atoms with van der Waals surface area (Å²) in [6.07, 6.45) is 3.98. The van der Waals surface area contributed by atoms with Crippen LogP contribution in [0.5, 0.6) is 0 Å². The highest BCUT2D eigenvalue weighted by Crippen LogP contribution is 2.07. The second kappa shape index (κ2) is 5.66. The van der Waals surface area contributed by atoms with Crippen LogP contribution >= 0.6 is 0 Å². The van der Waals surface area contributed by atoms with Crippen molar-refractivity contribution in [1.82, 2.24) is 9.78 Å². The number of hydrogen-bond acceptors (Lipinski definition) is 3. The van der Waals surface area contributed by atoms with Gasteiger partial charge < -0.3 is 5.73 Å². The van der Waals surface area contributed by atoms with Crippen LogP contribution in [0.2, 0.25) is 0 Å². The van der Waals surface area contributed by atoms with Crippen LogP contribution in [0.4, 0.5) is 0 Å². The predicted octanol–water partition coefficient (Wildman–Crippen LogP) is 1.60. The third-order valence-corrected chi connectivity index (χ3v) is 2.41. The molecule has 4 heteroatoms. The number of aryl methyl sites for hydroxylation is 1. The van der Waals surface area contributed by atoms with Gasteiger partial charge in [-0.1, -0.05) is 13.3 Å². The summed E-state index contributed by atoms with van der Waals surface area (Å²) in [5.41, 5.74) is 6.50. The Labute approximate surface area is 90.5 Å². The van der Waals surface area contributed by atoms with E-state index >= 15 is 0 Å². The number of rotatable bonds is 6. The molecule has 0 aliphatic carbocycles. The molecule has 0 amide bonds. The Hall–Kier alpha value is -1.16. The molecule has 84 valence electrons. The highest BCUT2D eigenvalue weighted by molar-refractivity contribution is 5.94. The Kier molecular flexibility index (Phi) is 4.49. The fourth-order valence-corrected chi connectivity index (χ4v) is 1.64. The normalized spacial score (nSPS) is 12.7. The standard InChI is InChI=1S/C11H19N3O/c1-3-5-9(12)8-11(15)10-6-7-13-14(10)4-2/h6-7,9H,3-5,8,12H2,1-2H3. The molecule has 0 bridgehead atoms. The number of carbonyl (C=O) groups excluding carboxylic acids is 1. The summed E-state index contributed by atoms with van der Waals surface area (Å²) < 4.78 is 1.71. The van der Waals surface area contributed by atoms with Gasteiger partial charge in [0.2, 0.25) is 0 Å². The van der Waals surface area contributed by atoms with Gasteiger partial charge in [0.25, 0.3) is 0 Å². The van der Waals surface area contributed by atoms with Crippen molar-refractivity contribution in [3.63, 3.8) is 0 Å². The van der Waals surface area contributed by atoms with E-state index in [1.807, 2.05) is 6.92 Å². The molecule has 0 radical (unpaired) electrons. The highest BCUT2D eigenvalue weighted by Gasteiger charge is 2.14. The smallest absolute Gasteiger partial charge is 0.182 e. The first kappa shape index (κ1) is 11.9. The summed E-state index contributed by atoms with van der Waals surface area (Å²) in [5.74, 6) is 0.0929. The molecule has 0 saturated carbocycles. The molecule has 1 heterocycles. The minimum atomic E-state index is -0.0253. The van der Waals surface area contributed by atoms with Gasteiger partial charge >= 0.3 is 0 Å². The van der Waals surface area contributed by atoms with Gasteiger partial charge in [-0.05, 0) is 19.4 Å². The maximum Gasteiger partial charge on any atom is 0.182 e. The van der Waals surface area contributed by atoms with E-state index < -0.39 is 0 Å². The van der Waals surface area contributed by atoms with E-state index in [0.29, 0.717) is 12.1 Å². The molecule has 1 atom stereocenters. The number of hydrogen-bond donors (Lipinski definition) is 1. The van der Waals surface area contributed by atoms with Crippen LogP contribution in [0.3, 0.4) is 0 Å². The van der Waals surface area contributed by atoms with Gasteiger partial charge in [0.1, 0.15) is 5.69 Å². The average Bonchev–Trinajstić information content (AvgIpc) is 2.65. The van der Waals surface area contributed by atoms with Crippen molar-refractivity contribution in [3.05, 3.63) is 18.0 Å². The van der Waals surface area contributed by atoms with Gasteiger partial charge in [-0.25, -0.2) is 0 Å². The third-order valence-electron chi connectivity index (χ3n) is 2.41. The minimum absolute atomic E-state index is 0.0253. The molecule has 4 nitrogen and oxygen atoms in total. The highest BCUT2D eigenvalue weighted by atomic mass is 16.1. The van der Waals surface area contributed by atoms with Crippen LogP contribution in [0, 0.1) is 0 Å². The van der Waals surface area contributed by atoms with Crippen molar-refractivity contribution < 1.29 is 4.79 Å². The second-order valence-electron chi connectivity index (χ2n) is 3.71. The van der Waals surface area contributed by atoms with Crippen LogP contribution < -0.4 is 5.73 Å². The summed E-state index contributed by atoms with van der Waals surface area (Å²) in [5, 5.41) is 4.06. The van der Waals surface area contributed by atoms with Crippen LogP contribution in [-0.2, 0) is 6.54 Å². The number of Topliss-reactive ketones (excluding diaryl/α,β-unsaturated/α-hetero) is 1. The van der Waals surface area contributed by atoms with E-state index in [-0.39, 0.29) is 11.8 Å². The van der Waals surface area contributed by atoms with Crippen LogP contribution in [-0.4, -0.2) is 21.6 Å². The zero-order valence-electron chi connectivity index (χ0n) is 9.44. The summed E-state index contributed by atoms with van der Waals surface area (Å²) in [4.78, 5) is 11.8. The lowest BCUT2D eigenvalue weighted by Gasteiger charge is -2.09. The first-order chi connectivity index (χ1) is 7.19. The molecular formula is C11H19N3O. The summed E-state index contributed by atoms with van der Waals surface area (Å²) in [6, 6.07) is 1.73. The van der Waals surface area contributed by atoms with E-state index in [9.17, 15) is 4.79 Å². The van der Waals surface area contributed by atoms with Gasteiger partial charge in [-0.15, -0.1) is 0 Å². The fourth-order valence-electron chi connectivity index (χ4n) is 1.64. The quantitative estimate of drug-likeness (QED) is 0.724. The zero-order chi connectivity index (χ0) is 11.3. The van der Waals surface area contributed by atoms with Crippen molar-refractivity contribution in [3.8, 4) is 0 Å². The van der Waals surface area contributed by atoms with Gasteiger partial charge in [0, 0.05) is 25.2 Å². The molecule has 1 rings (SSSR count). The number of aromatic nitrogens is 2. The number of carbonyl (C=O) groups is 1. The lowest BCUT2D eigenvalue weighted by atomic mass is 10.0. The third kappa shape index (κ3) is 3.16. The molecule has 0 saturated heterocycles. The minimum Gasteiger partial charge on any atom is -0.327 e. The van der Waals surface area contributed by atoms with Crippen molar-refractivity contribution in [2.75, 3.05) is 0 Å². The fraction of sp³-hybridized carbons (Fsp3) is 0.636. The lowest BCUT2D eigenvalue weighted by molar-refractivity contribution is 0.0963. The summed E-state index contributed by atoms with van der Waals surface area (Å²) in [6.45, 7) is 4.76. The Morgan fingerprint density at radius 2 is 2.33 bits per heavy atom. The van der Waals surface area contributed by atoms with E-state index in [4.69, 9.17) is 5.73 Å². The summed E-state index contributed by atoms with van der Waals surface area (Å²) >= 11 is 0. The molecule has 2 N–H and O–H groups in total. The van der Waals surface area contributed by atoms with Gasteiger partial charge in [0.05, 0.1) is 0 Å². The molecule has 0 fully saturated rings. The number of nitrogens with two attached hydrogens (primary N) is 1. The molecule has 1 aromatic heterocycles. The van der Waals surface area contributed by atoms with Crippen LogP contribution in [0.1, 0.15) is 43.6 Å². The van der Waals surface area contributed by atoms with E-state index in [1.54, 1.807) is 16.9 Å². The van der Waals surface area contributed by atoms with Gasteiger partial charge in [-0.3, -0.25) is 9.48 Å². The largest absolute Gasteiger partial charge is 0.327 e. The Balaban J connectivity index is 2.61. The van der Waals surface area contributed by atoms with E-state index in [0.717, 1.165) is 19.4 Å². The van der Waals surface area contributed by atoms with Crippen LogP contribution in [0.25, 0.3) is 0 Å². The topological polar surface area (TPSA) is 60.9 Å². The SMILES string of the molecule is CCCC(N)CC(=O)c1ccnn1CC. The maximum atomic E-state index is 11.8. The predicted molar refractivity (Wildman–Crippen MR) is 59.7 cm³/mol. The van der Waals surface area contributed by atoms with Crippen molar-refractivity contribution >= 4 is 5.78 Å². The van der Waals surface area contributed by atoms with Gasteiger partial charge in [0.15, 0.2) is 5.78 Å². The maximum absolute atomic E-state index is 11.8. The molecule has 1 unspecified atom stereocenters. The van der Waals surface area contributed by atoms with Crippen molar-refractivity contribution in [1.29, 1.82) is 0 Å². The Morgan fingerprint density at radius 3 is 2.93 bits per heavy atom.